The summed E-state index contributed by atoms with van der Waals surface area (Å²) < 4.78 is 37.3. The molecule has 4 rings (SSSR count). The second kappa shape index (κ2) is 5.87. The number of rotatable bonds is 3. The second-order valence-corrected chi connectivity index (χ2v) is 6.53. The maximum Gasteiger partial charge on any atom is 0.586 e. The second-order valence-electron chi connectivity index (χ2n) is 6.53. The summed E-state index contributed by atoms with van der Waals surface area (Å²) in [4.78, 5) is 2.22. The van der Waals surface area contributed by atoms with Gasteiger partial charge in [0.2, 0.25) is 0 Å². The molecule has 1 aromatic carbocycles. The van der Waals surface area contributed by atoms with Gasteiger partial charge in [0.1, 0.15) is 0 Å². The molecule has 0 spiro atoms. The molecular weight excluding hydrogens is 330 g/mol. The van der Waals surface area contributed by atoms with Gasteiger partial charge in [-0.1, -0.05) is 13.8 Å². The average Bonchev–Trinajstić information content (AvgIpc) is 3.14. The van der Waals surface area contributed by atoms with E-state index in [4.69, 9.17) is 5.10 Å². The molecule has 6 nitrogen and oxygen atoms in total. The van der Waals surface area contributed by atoms with Gasteiger partial charge >= 0.3 is 6.29 Å². The Morgan fingerprint density at radius 1 is 1.12 bits per heavy atom. The SMILES string of the molecule is CC(C)c1cc(N2CCNCC2)nn1-c1ccc2c(c1)OC(F)(F)O2. The highest BCUT2D eigenvalue weighted by Gasteiger charge is 2.43. The zero-order valence-electron chi connectivity index (χ0n) is 14.1. The van der Waals surface area contributed by atoms with E-state index >= 15 is 0 Å². The maximum absolute atomic E-state index is 13.2. The number of ether oxygens (including phenoxy) is 2. The lowest BCUT2D eigenvalue weighted by atomic mass is 10.1. The minimum Gasteiger partial charge on any atom is -0.395 e. The van der Waals surface area contributed by atoms with Crippen LogP contribution in [0, 0.1) is 0 Å². The van der Waals surface area contributed by atoms with Crippen molar-refractivity contribution in [1.29, 1.82) is 0 Å². The van der Waals surface area contributed by atoms with Gasteiger partial charge in [-0.3, -0.25) is 0 Å². The first-order chi connectivity index (χ1) is 11.9. The molecule has 1 fully saturated rings. The molecule has 3 heterocycles. The van der Waals surface area contributed by atoms with Crippen LogP contribution in [0.5, 0.6) is 11.5 Å². The number of aromatic nitrogens is 2. The summed E-state index contributed by atoms with van der Waals surface area (Å²) in [7, 11) is 0. The smallest absolute Gasteiger partial charge is 0.395 e. The Hall–Kier alpha value is -2.35. The molecule has 0 bridgehead atoms. The van der Waals surface area contributed by atoms with Gasteiger partial charge < -0.3 is 19.7 Å². The van der Waals surface area contributed by atoms with Crippen molar-refractivity contribution in [1.82, 2.24) is 15.1 Å². The Labute approximate surface area is 144 Å². The van der Waals surface area contributed by atoms with Gasteiger partial charge in [0.05, 0.1) is 5.69 Å². The fourth-order valence-electron chi connectivity index (χ4n) is 3.12. The minimum atomic E-state index is -3.61. The first kappa shape index (κ1) is 16.1. The van der Waals surface area contributed by atoms with Crippen molar-refractivity contribution >= 4 is 5.82 Å². The van der Waals surface area contributed by atoms with Crippen molar-refractivity contribution in [2.75, 3.05) is 31.1 Å². The third kappa shape index (κ3) is 3.02. The van der Waals surface area contributed by atoms with Crippen LogP contribution < -0.4 is 19.7 Å². The van der Waals surface area contributed by atoms with Crippen molar-refractivity contribution in [3.05, 3.63) is 30.0 Å². The fraction of sp³-hybridized carbons (Fsp3) is 0.471. The first-order valence-electron chi connectivity index (χ1n) is 8.39. The molecule has 2 aliphatic rings. The van der Waals surface area contributed by atoms with E-state index in [0.29, 0.717) is 5.69 Å². The first-order valence-corrected chi connectivity index (χ1v) is 8.39. The molecule has 0 saturated carbocycles. The minimum absolute atomic E-state index is 0.0245. The lowest BCUT2D eigenvalue weighted by Gasteiger charge is -2.27. The zero-order chi connectivity index (χ0) is 17.6. The Kier molecular flexibility index (Phi) is 3.79. The number of halogens is 2. The summed E-state index contributed by atoms with van der Waals surface area (Å²) in [6, 6.07) is 6.80. The molecule has 0 amide bonds. The molecule has 0 aliphatic carbocycles. The van der Waals surface area contributed by atoms with Gasteiger partial charge in [-0.15, -0.1) is 8.78 Å². The molecule has 0 unspecified atom stereocenters. The number of anilines is 1. The van der Waals surface area contributed by atoms with Gasteiger partial charge in [0.15, 0.2) is 17.3 Å². The molecule has 1 aromatic heterocycles. The van der Waals surface area contributed by atoms with Crippen LogP contribution in [0.3, 0.4) is 0 Å². The molecule has 8 heteroatoms. The summed E-state index contributed by atoms with van der Waals surface area (Å²) in [6.07, 6.45) is -3.61. The highest BCUT2D eigenvalue weighted by atomic mass is 19.3. The number of benzene rings is 1. The van der Waals surface area contributed by atoms with Crippen molar-refractivity contribution < 1.29 is 18.3 Å². The quantitative estimate of drug-likeness (QED) is 0.922. The Balaban J connectivity index is 1.71. The number of fused-ring (bicyclic) bond motifs is 1. The standard InChI is InChI=1S/C17H20F2N4O2/c1-11(2)13-10-16(22-7-5-20-6-8-22)21-23(13)12-3-4-14-15(9-12)25-17(18,19)24-14/h3-4,9-11,20H,5-8H2,1-2H3. The van der Waals surface area contributed by atoms with Gasteiger partial charge in [0.25, 0.3) is 0 Å². The Morgan fingerprint density at radius 2 is 1.84 bits per heavy atom. The van der Waals surface area contributed by atoms with Crippen LogP contribution in [-0.4, -0.2) is 42.3 Å². The summed E-state index contributed by atoms with van der Waals surface area (Å²) >= 11 is 0. The monoisotopic (exact) mass is 350 g/mol. The topological polar surface area (TPSA) is 51.6 Å². The maximum atomic E-state index is 13.2. The number of nitrogens with zero attached hydrogens (tertiary/aromatic N) is 3. The number of nitrogens with one attached hydrogen (secondary N) is 1. The van der Waals surface area contributed by atoms with E-state index in [9.17, 15) is 8.78 Å². The van der Waals surface area contributed by atoms with Crippen molar-refractivity contribution in [3.8, 4) is 17.2 Å². The fourth-order valence-corrected chi connectivity index (χ4v) is 3.12. The van der Waals surface area contributed by atoms with E-state index in [-0.39, 0.29) is 17.4 Å². The molecule has 2 aliphatic heterocycles. The summed E-state index contributed by atoms with van der Waals surface area (Å²) in [6.45, 7) is 7.78. The predicted molar refractivity (Wildman–Crippen MR) is 88.9 cm³/mol. The summed E-state index contributed by atoms with van der Waals surface area (Å²) in [5.74, 6) is 1.19. The van der Waals surface area contributed by atoms with Crippen molar-refractivity contribution in [3.63, 3.8) is 0 Å². The van der Waals surface area contributed by atoms with E-state index in [1.807, 2.05) is 0 Å². The van der Waals surface area contributed by atoms with E-state index in [1.165, 1.54) is 12.1 Å². The summed E-state index contributed by atoms with van der Waals surface area (Å²) in [5, 5.41) is 8.04. The summed E-state index contributed by atoms with van der Waals surface area (Å²) in [5.41, 5.74) is 1.68. The molecular formula is C17H20F2N4O2. The largest absolute Gasteiger partial charge is 0.586 e. The van der Waals surface area contributed by atoms with E-state index in [2.05, 4.69) is 39.6 Å². The molecule has 25 heavy (non-hydrogen) atoms. The van der Waals surface area contributed by atoms with E-state index in [1.54, 1.807) is 10.7 Å². The molecule has 0 radical (unpaired) electrons. The van der Waals surface area contributed by atoms with Crippen molar-refractivity contribution in [2.24, 2.45) is 0 Å². The molecule has 0 atom stereocenters. The highest BCUT2D eigenvalue weighted by molar-refractivity contribution is 5.52. The van der Waals surface area contributed by atoms with E-state index in [0.717, 1.165) is 37.7 Å². The molecule has 134 valence electrons. The van der Waals surface area contributed by atoms with Gasteiger partial charge in [-0.2, -0.15) is 5.10 Å². The van der Waals surface area contributed by atoms with Crippen LogP contribution in [0.25, 0.3) is 5.69 Å². The van der Waals surface area contributed by atoms with Crippen molar-refractivity contribution in [2.45, 2.75) is 26.1 Å². The highest BCUT2D eigenvalue weighted by Crippen LogP contribution is 2.42. The normalized spacial score (nSPS) is 18.8. The number of hydrogen-bond donors (Lipinski definition) is 1. The zero-order valence-corrected chi connectivity index (χ0v) is 14.1. The third-order valence-electron chi connectivity index (χ3n) is 4.39. The molecule has 1 N–H and O–H groups in total. The van der Waals surface area contributed by atoms with Crippen LogP contribution >= 0.6 is 0 Å². The van der Waals surface area contributed by atoms with Gasteiger partial charge in [-0.25, -0.2) is 4.68 Å². The lowest BCUT2D eigenvalue weighted by molar-refractivity contribution is -0.286. The molecule has 2 aromatic rings. The number of piperazine rings is 1. The van der Waals surface area contributed by atoms with Gasteiger partial charge in [-0.05, 0) is 18.1 Å². The number of alkyl halides is 2. The van der Waals surface area contributed by atoms with Crippen LogP contribution in [-0.2, 0) is 0 Å². The lowest BCUT2D eigenvalue weighted by Crippen LogP contribution is -2.43. The van der Waals surface area contributed by atoms with Crippen LogP contribution in [0.1, 0.15) is 25.5 Å². The average molecular weight is 350 g/mol. The molecule has 1 saturated heterocycles. The third-order valence-corrected chi connectivity index (χ3v) is 4.39. The Morgan fingerprint density at radius 3 is 2.56 bits per heavy atom. The van der Waals surface area contributed by atoms with Gasteiger partial charge in [0, 0.05) is 44.0 Å². The van der Waals surface area contributed by atoms with Crippen LogP contribution in [0.4, 0.5) is 14.6 Å². The van der Waals surface area contributed by atoms with E-state index < -0.39 is 6.29 Å². The number of hydrogen-bond acceptors (Lipinski definition) is 5. The van der Waals surface area contributed by atoms with Crippen LogP contribution in [0.15, 0.2) is 24.3 Å². The predicted octanol–water partition coefficient (Wildman–Crippen LogP) is 2.73. The van der Waals surface area contributed by atoms with Crippen LogP contribution in [0.2, 0.25) is 0 Å². The Bertz CT molecular complexity index is 785.